The van der Waals surface area contributed by atoms with E-state index in [9.17, 15) is 0 Å². The zero-order valence-electron chi connectivity index (χ0n) is 12.9. The number of aromatic amines is 1. The number of hydrogen-bond acceptors (Lipinski definition) is 1. The highest BCUT2D eigenvalue weighted by Gasteiger charge is 2.13. The number of nitrogens with zero attached hydrogens (tertiary/aromatic N) is 1. The first kappa shape index (κ1) is 13.6. The third-order valence-corrected chi connectivity index (χ3v) is 4.72. The second-order valence-electron chi connectivity index (χ2n) is 6.28. The summed E-state index contributed by atoms with van der Waals surface area (Å²) >= 11 is 0. The Morgan fingerprint density at radius 3 is 2.50 bits per heavy atom. The zero-order chi connectivity index (χ0) is 14.8. The van der Waals surface area contributed by atoms with Crippen LogP contribution in [0.4, 0.5) is 0 Å². The Bertz CT molecular complexity index is 752. The van der Waals surface area contributed by atoms with Gasteiger partial charge in [-0.3, -0.25) is 4.90 Å². The van der Waals surface area contributed by atoms with Crippen LogP contribution in [0.3, 0.4) is 0 Å². The van der Waals surface area contributed by atoms with Crippen LogP contribution in [0.1, 0.15) is 24.8 Å². The minimum atomic E-state index is 1.07. The summed E-state index contributed by atoms with van der Waals surface area (Å²) in [4.78, 5) is 6.01. The summed E-state index contributed by atoms with van der Waals surface area (Å²) in [6.07, 6.45) is 6.27. The van der Waals surface area contributed by atoms with E-state index in [-0.39, 0.29) is 0 Å². The van der Waals surface area contributed by atoms with Crippen LogP contribution in [-0.2, 0) is 6.54 Å². The van der Waals surface area contributed by atoms with Crippen molar-refractivity contribution in [1.82, 2.24) is 9.88 Å². The first-order valence-electron chi connectivity index (χ1n) is 8.28. The molecular weight excluding hydrogens is 268 g/mol. The lowest BCUT2D eigenvalue weighted by atomic mass is 10.0. The summed E-state index contributed by atoms with van der Waals surface area (Å²) in [5.74, 6) is 0. The van der Waals surface area contributed by atoms with Crippen molar-refractivity contribution in [3.8, 4) is 11.1 Å². The maximum atomic E-state index is 3.43. The maximum absolute atomic E-state index is 3.43. The topological polar surface area (TPSA) is 19.0 Å². The molecule has 0 bridgehead atoms. The normalized spacial score (nSPS) is 16.2. The fourth-order valence-corrected chi connectivity index (χ4v) is 3.48. The van der Waals surface area contributed by atoms with Gasteiger partial charge in [-0.2, -0.15) is 0 Å². The minimum absolute atomic E-state index is 1.07. The predicted octanol–water partition coefficient (Wildman–Crippen LogP) is 4.82. The summed E-state index contributed by atoms with van der Waals surface area (Å²) in [7, 11) is 0. The number of hydrogen-bond donors (Lipinski definition) is 1. The van der Waals surface area contributed by atoms with E-state index in [4.69, 9.17) is 0 Å². The fourth-order valence-electron chi connectivity index (χ4n) is 3.48. The molecule has 2 aromatic carbocycles. The van der Waals surface area contributed by atoms with Gasteiger partial charge in [0, 0.05) is 23.6 Å². The molecule has 22 heavy (non-hydrogen) atoms. The lowest BCUT2D eigenvalue weighted by Gasteiger charge is -2.26. The van der Waals surface area contributed by atoms with Crippen LogP contribution in [0.25, 0.3) is 22.0 Å². The smallest absolute Gasteiger partial charge is 0.0457 e. The molecule has 0 saturated carbocycles. The second-order valence-corrected chi connectivity index (χ2v) is 6.28. The third-order valence-electron chi connectivity index (χ3n) is 4.72. The van der Waals surface area contributed by atoms with Crippen molar-refractivity contribution < 1.29 is 0 Å². The number of piperidine rings is 1. The summed E-state index contributed by atoms with van der Waals surface area (Å²) in [6, 6.07) is 17.4. The largest absolute Gasteiger partial charge is 0.361 e. The molecule has 1 fully saturated rings. The first-order valence-corrected chi connectivity index (χ1v) is 8.28. The van der Waals surface area contributed by atoms with Crippen molar-refractivity contribution in [2.45, 2.75) is 25.8 Å². The number of fused-ring (bicyclic) bond motifs is 1. The molecule has 0 atom stereocenters. The van der Waals surface area contributed by atoms with Gasteiger partial charge in [0.1, 0.15) is 0 Å². The molecule has 3 aromatic rings. The lowest BCUT2D eigenvalue weighted by Crippen LogP contribution is -2.28. The van der Waals surface area contributed by atoms with Crippen LogP contribution >= 0.6 is 0 Å². The van der Waals surface area contributed by atoms with Gasteiger partial charge in [-0.15, -0.1) is 0 Å². The number of aromatic nitrogens is 1. The van der Waals surface area contributed by atoms with Gasteiger partial charge in [0.25, 0.3) is 0 Å². The van der Waals surface area contributed by atoms with E-state index >= 15 is 0 Å². The number of rotatable bonds is 3. The first-order chi connectivity index (χ1) is 10.9. The molecule has 0 unspecified atom stereocenters. The SMILES string of the molecule is c1ccc(-c2ccc3[nH]cc(CN4CCCCC4)c3c2)cc1. The molecule has 0 aliphatic carbocycles. The average molecular weight is 290 g/mol. The molecule has 1 aliphatic heterocycles. The molecule has 0 spiro atoms. The Morgan fingerprint density at radius 1 is 0.864 bits per heavy atom. The van der Waals surface area contributed by atoms with Crippen molar-refractivity contribution in [2.75, 3.05) is 13.1 Å². The van der Waals surface area contributed by atoms with E-state index < -0.39 is 0 Å². The van der Waals surface area contributed by atoms with Crippen LogP contribution < -0.4 is 0 Å². The summed E-state index contributed by atoms with van der Waals surface area (Å²) in [6.45, 7) is 3.55. The summed E-state index contributed by atoms with van der Waals surface area (Å²) in [5, 5.41) is 1.37. The minimum Gasteiger partial charge on any atom is -0.361 e. The molecular formula is C20H22N2. The number of nitrogens with one attached hydrogen (secondary N) is 1. The Morgan fingerprint density at radius 2 is 1.68 bits per heavy atom. The predicted molar refractivity (Wildman–Crippen MR) is 92.9 cm³/mol. The number of benzene rings is 2. The van der Waals surface area contributed by atoms with Gasteiger partial charge in [0.15, 0.2) is 0 Å². The van der Waals surface area contributed by atoms with Gasteiger partial charge in [0.2, 0.25) is 0 Å². The van der Waals surface area contributed by atoms with Gasteiger partial charge in [-0.05, 0) is 54.8 Å². The molecule has 4 rings (SSSR count). The van der Waals surface area contributed by atoms with Gasteiger partial charge < -0.3 is 4.98 Å². The van der Waals surface area contributed by atoms with Gasteiger partial charge in [-0.25, -0.2) is 0 Å². The van der Waals surface area contributed by atoms with Crippen LogP contribution in [0, 0.1) is 0 Å². The quantitative estimate of drug-likeness (QED) is 0.732. The molecule has 1 aromatic heterocycles. The maximum Gasteiger partial charge on any atom is 0.0457 e. The number of H-pyrrole nitrogens is 1. The van der Waals surface area contributed by atoms with E-state index in [0.29, 0.717) is 0 Å². The van der Waals surface area contributed by atoms with Crippen molar-refractivity contribution in [3.05, 3.63) is 60.3 Å². The number of likely N-dealkylation sites (tertiary alicyclic amines) is 1. The Balaban J connectivity index is 1.67. The summed E-state index contributed by atoms with van der Waals surface area (Å²) < 4.78 is 0. The zero-order valence-corrected chi connectivity index (χ0v) is 12.9. The van der Waals surface area contributed by atoms with Crippen molar-refractivity contribution >= 4 is 10.9 Å². The second kappa shape index (κ2) is 5.98. The monoisotopic (exact) mass is 290 g/mol. The van der Waals surface area contributed by atoms with Gasteiger partial charge in [0.05, 0.1) is 0 Å². The summed E-state index contributed by atoms with van der Waals surface area (Å²) in [5.41, 5.74) is 5.25. The van der Waals surface area contributed by atoms with Gasteiger partial charge in [-0.1, -0.05) is 42.8 Å². The Kier molecular flexibility index (Phi) is 3.69. The van der Waals surface area contributed by atoms with Crippen molar-refractivity contribution in [3.63, 3.8) is 0 Å². The van der Waals surface area contributed by atoms with E-state index in [1.807, 2.05) is 0 Å². The standard InChI is InChI=1S/C20H22N2/c1-3-7-16(8-4-1)17-9-10-20-19(13-17)18(14-21-20)15-22-11-5-2-6-12-22/h1,3-4,7-10,13-14,21H,2,5-6,11-12,15H2. The average Bonchev–Trinajstić information content (AvgIpc) is 2.99. The van der Waals surface area contributed by atoms with Crippen molar-refractivity contribution in [1.29, 1.82) is 0 Å². The Labute approximate surface area is 131 Å². The molecule has 112 valence electrons. The molecule has 1 saturated heterocycles. The highest BCUT2D eigenvalue weighted by atomic mass is 15.1. The van der Waals surface area contributed by atoms with Gasteiger partial charge >= 0.3 is 0 Å². The highest BCUT2D eigenvalue weighted by Crippen LogP contribution is 2.27. The molecule has 2 heteroatoms. The van der Waals surface area contributed by atoms with Crippen LogP contribution in [0.5, 0.6) is 0 Å². The van der Waals surface area contributed by atoms with E-state index in [2.05, 4.69) is 64.6 Å². The van der Waals surface area contributed by atoms with Crippen LogP contribution in [-0.4, -0.2) is 23.0 Å². The van der Waals surface area contributed by atoms with Crippen LogP contribution in [0.2, 0.25) is 0 Å². The molecule has 0 amide bonds. The third kappa shape index (κ3) is 2.67. The molecule has 2 heterocycles. The fraction of sp³-hybridized carbons (Fsp3) is 0.300. The lowest BCUT2D eigenvalue weighted by molar-refractivity contribution is 0.221. The van der Waals surface area contributed by atoms with E-state index in [1.165, 1.54) is 59.9 Å². The molecule has 1 N–H and O–H groups in total. The molecule has 1 aliphatic rings. The Hall–Kier alpha value is -2.06. The molecule has 0 radical (unpaired) electrons. The van der Waals surface area contributed by atoms with Crippen molar-refractivity contribution in [2.24, 2.45) is 0 Å². The highest BCUT2D eigenvalue weighted by molar-refractivity contribution is 5.88. The molecule has 2 nitrogen and oxygen atoms in total. The van der Waals surface area contributed by atoms with E-state index in [0.717, 1.165) is 6.54 Å². The van der Waals surface area contributed by atoms with E-state index in [1.54, 1.807) is 0 Å². The van der Waals surface area contributed by atoms with Crippen LogP contribution in [0.15, 0.2) is 54.7 Å².